The summed E-state index contributed by atoms with van der Waals surface area (Å²) in [7, 11) is 1.90. The summed E-state index contributed by atoms with van der Waals surface area (Å²) >= 11 is 6.81. The molecule has 2 N–H and O–H groups in total. The molecule has 3 rings (SSSR count). The number of hydrogen-bond acceptors (Lipinski definition) is 4. The Kier molecular flexibility index (Phi) is 12.0. The van der Waals surface area contributed by atoms with Crippen molar-refractivity contribution < 1.29 is 14.3 Å². The van der Waals surface area contributed by atoms with Gasteiger partial charge >= 0.3 is 5.97 Å². The van der Waals surface area contributed by atoms with Crippen molar-refractivity contribution in [2.24, 2.45) is 0 Å². The van der Waals surface area contributed by atoms with Crippen LogP contribution in [0.5, 0.6) is 0 Å². The van der Waals surface area contributed by atoms with E-state index in [-0.39, 0.29) is 5.91 Å². The predicted octanol–water partition coefficient (Wildman–Crippen LogP) is 6.94. The molecule has 3 aromatic rings. The van der Waals surface area contributed by atoms with Gasteiger partial charge in [-0.05, 0) is 52.3 Å². The fraction of sp³-hybridized carbons (Fsp3) is 0.394. The van der Waals surface area contributed by atoms with Crippen molar-refractivity contribution in [2.75, 3.05) is 13.6 Å². The van der Waals surface area contributed by atoms with Crippen LogP contribution in [0.4, 0.5) is 0 Å². The number of carbonyl (C=O) groups excluding carboxylic acids is 2. The van der Waals surface area contributed by atoms with Crippen LogP contribution in [0.1, 0.15) is 74.1 Å². The molecular formula is C33H41ClN2O3. The summed E-state index contributed by atoms with van der Waals surface area (Å²) in [5.74, 6) is -0.606. The minimum absolute atomic E-state index is 0.127. The highest BCUT2D eigenvalue weighted by Gasteiger charge is 2.43. The fourth-order valence-corrected chi connectivity index (χ4v) is 5.05. The molecule has 1 amide bonds. The van der Waals surface area contributed by atoms with Gasteiger partial charge in [0, 0.05) is 28.1 Å². The number of unbranched alkanes of at least 4 members (excludes halogenated alkanes) is 3. The minimum atomic E-state index is -1.31. The summed E-state index contributed by atoms with van der Waals surface area (Å²) in [6.07, 6.45) is 5.32. The lowest BCUT2D eigenvalue weighted by atomic mass is 9.79. The first-order valence-electron chi connectivity index (χ1n) is 14.0. The van der Waals surface area contributed by atoms with Gasteiger partial charge in [0.2, 0.25) is 5.91 Å². The first kappa shape index (κ1) is 30.4. The van der Waals surface area contributed by atoms with Crippen LogP contribution in [0.3, 0.4) is 0 Å². The first-order valence-corrected chi connectivity index (χ1v) is 14.3. The Hall–Kier alpha value is -3.15. The molecule has 0 aromatic heterocycles. The highest BCUT2D eigenvalue weighted by molar-refractivity contribution is 6.31. The number of esters is 1. The molecule has 0 spiro atoms. The van der Waals surface area contributed by atoms with Crippen molar-refractivity contribution in [1.82, 2.24) is 10.6 Å². The topological polar surface area (TPSA) is 67.4 Å². The largest absolute Gasteiger partial charge is 0.443 e. The van der Waals surface area contributed by atoms with Crippen molar-refractivity contribution in [3.63, 3.8) is 0 Å². The highest BCUT2D eigenvalue weighted by atomic mass is 35.5. The van der Waals surface area contributed by atoms with Crippen LogP contribution in [-0.2, 0) is 19.9 Å². The number of rotatable bonds is 15. The van der Waals surface area contributed by atoms with Crippen molar-refractivity contribution in [1.29, 1.82) is 0 Å². The van der Waals surface area contributed by atoms with Gasteiger partial charge in [0.1, 0.15) is 6.04 Å². The summed E-state index contributed by atoms with van der Waals surface area (Å²) in [5.41, 5.74) is 2.01. The second kappa shape index (κ2) is 15.4. The lowest BCUT2D eigenvalue weighted by Gasteiger charge is -2.37. The zero-order valence-corrected chi connectivity index (χ0v) is 24.1. The molecule has 0 aliphatic carbocycles. The van der Waals surface area contributed by atoms with Crippen LogP contribution < -0.4 is 10.6 Å². The SMILES string of the molecule is CCCCCC(=O)NC(CCCCNC)C(=O)OC(c1ccccc1)(c1ccc(C)cc1)c1ccccc1Cl. The van der Waals surface area contributed by atoms with Crippen molar-refractivity contribution in [2.45, 2.75) is 70.4 Å². The molecule has 3 aromatic carbocycles. The third kappa shape index (κ3) is 8.17. The van der Waals surface area contributed by atoms with E-state index in [4.69, 9.17) is 16.3 Å². The van der Waals surface area contributed by atoms with E-state index >= 15 is 0 Å². The second-order valence-electron chi connectivity index (χ2n) is 9.99. The van der Waals surface area contributed by atoms with Gasteiger partial charge in [-0.15, -0.1) is 0 Å². The maximum Gasteiger partial charge on any atom is 0.330 e. The van der Waals surface area contributed by atoms with E-state index in [1.165, 1.54) is 0 Å². The summed E-state index contributed by atoms with van der Waals surface area (Å²) in [6, 6.07) is 24.3. The van der Waals surface area contributed by atoms with Gasteiger partial charge in [-0.3, -0.25) is 4.79 Å². The standard InChI is InChI=1S/C33H41ClN2O3/c1-4-5-7-19-31(37)36-30(18-12-13-24-35-3)32(38)39-33(26-14-8-6-9-15-26,27-22-20-25(2)21-23-27)28-16-10-11-17-29(28)34/h6,8-11,14-17,20-23,30,35H,4-5,7,12-13,18-19,24H2,1-3H3,(H,36,37). The van der Waals surface area contributed by atoms with Crippen LogP contribution in [0.25, 0.3) is 0 Å². The first-order chi connectivity index (χ1) is 18.9. The number of nitrogens with one attached hydrogen (secondary N) is 2. The van der Waals surface area contributed by atoms with Gasteiger partial charge in [0.25, 0.3) is 0 Å². The maximum atomic E-state index is 14.1. The zero-order valence-electron chi connectivity index (χ0n) is 23.3. The van der Waals surface area contributed by atoms with Crippen LogP contribution in [0.2, 0.25) is 5.02 Å². The van der Waals surface area contributed by atoms with Crippen LogP contribution in [0, 0.1) is 6.92 Å². The van der Waals surface area contributed by atoms with Crippen LogP contribution in [-0.4, -0.2) is 31.5 Å². The molecular weight excluding hydrogens is 508 g/mol. The average molecular weight is 549 g/mol. The van der Waals surface area contributed by atoms with Gasteiger partial charge in [-0.1, -0.05) is 110 Å². The van der Waals surface area contributed by atoms with Crippen LogP contribution in [0.15, 0.2) is 78.9 Å². The summed E-state index contributed by atoms with van der Waals surface area (Å²) in [5, 5.41) is 6.62. The molecule has 0 heterocycles. The Bertz CT molecular complexity index is 1180. The minimum Gasteiger partial charge on any atom is -0.443 e. The van der Waals surface area contributed by atoms with Crippen LogP contribution >= 0.6 is 11.6 Å². The maximum absolute atomic E-state index is 14.1. The lowest BCUT2D eigenvalue weighted by molar-refractivity contribution is -0.157. The van der Waals surface area contributed by atoms with E-state index in [0.717, 1.165) is 55.3 Å². The molecule has 39 heavy (non-hydrogen) atoms. The highest BCUT2D eigenvalue weighted by Crippen LogP contribution is 2.43. The van der Waals surface area contributed by atoms with E-state index < -0.39 is 17.6 Å². The van der Waals surface area contributed by atoms with Gasteiger partial charge in [0.05, 0.1) is 0 Å². The number of amides is 1. The summed E-state index contributed by atoms with van der Waals surface area (Å²) in [4.78, 5) is 26.9. The summed E-state index contributed by atoms with van der Waals surface area (Å²) in [6.45, 7) is 4.96. The molecule has 2 unspecified atom stereocenters. The monoisotopic (exact) mass is 548 g/mol. The summed E-state index contributed by atoms with van der Waals surface area (Å²) < 4.78 is 6.61. The molecule has 0 saturated carbocycles. The Morgan fingerprint density at radius 3 is 2.21 bits per heavy atom. The molecule has 0 radical (unpaired) electrons. The van der Waals surface area contributed by atoms with Crippen molar-refractivity contribution in [3.05, 3.63) is 106 Å². The molecule has 0 aliphatic heterocycles. The molecule has 5 nitrogen and oxygen atoms in total. The van der Waals surface area contributed by atoms with Gasteiger partial charge in [0.15, 0.2) is 5.60 Å². The quantitative estimate of drug-likeness (QED) is 0.123. The molecule has 0 fully saturated rings. The van der Waals surface area contributed by atoms with E-state index in [0.29, 0.717) is 23.4 Å². The number of hydrogen-bond donors (Lipinski definition) is 2. The molecule has 208 valence electrons. The number of ether oxygens (including phenoxy) is 1. The van der Waals surface area contributed by atoms with Gasteiger partial charge < -0.3 is 15.4 Å². The van der Waals surface area contributed by atoms with E-state index in [1.807, 2.05) is 86.8 Å². The zero-order chi connectivity index (χ0) is 28.1. The fourth-order valence-electron chi connectivity index (χ4n) is 4.78. The number of carbonyl (C=O) groups is 2. The number of halogens is 1. The molecule has 0 saturated heterocycles. The van der Waals surface area contributed by atoms with Gasteiger partial charge in [-0.2, -0.15) is 0 Å². The average Bonchev–Trinajstić information content (AvgIpc) is 2.95. The third-order valence-corrected chi connectivity index (χ3v) is 7.27. The molecule has 2 atom stereocenters. The number of aryl methyl sites for hydroxylation is 1. The normalized spacial score (nSPS) is 13.3. The Labute approximate surface area is 238 Å². The number of benzene rings is 3. The van der Waals surface area contributed by atoms with Gasteiger partial charge in [-0.25, -0.2) is 4.79 Å². The van der Waals surface area contributed by atoms with E-state index in [1.54, 1.807) is 6.07 Å². The van der Waals surface area contributed by atoms with Crippen molar-refractivity contribution in [3.8, 4) is 0 Å². The molecule has 0 bridgehead atoms. The Morgan fingerprint density at radius 2 is 1.54 bits per heavy atom. The molecule has 6 heteroatoms. The van der Waals surface area contributed by atoms with E-state index in [9.17, 15) is 9.59 Å². The van der Waals surface area contributed by atoms with Crippen molar-refractivity contribution >= 4 is 23.5 Å². The Morgan fingerprint density at radius 1 is 0.872 bits per heavy atom. The Balaban J connectivity index is 2.07. The third-order valence-electron chi connectivity index (χ3n) is 6.94. The van der Waals surface area contributed by atoms with E-state index in [2.05, 4.69) is 17.6 Å². The second-order valence-corrected chi connectivity index (χ2v) is 10.4. The predicted molar refractivity (Wildman–Crippen MR) is 159 cm³/mol. The lowest BCUT2D eigenvalue weighted by Crippen LogP contribution is -2.46. The molecule has 0 aliphatic rings. The smallest absolute Gasteiger partial charge is 0.330 e.